The zero-order valence-electron chi connectivity index (χ0n) is 17.8. The molecule has 5 rings (SSSR count). The number of hydrogen-bond donors (Lipinski definition) is 2. The number of carbonyl (C=O) groups excluding carboxylic acids is 2. The van der Waals surface area contributed by atoms with E-state index in [-0.39, 0.29) is 17.9 Å². The van der Waals surface area contributed by atoms with Gasteiger partial charge in [0.15, 0.2) is 0 Å². The Bertz CT molecular complexity index is 1250. The van der Waals surface area contributed by atoms with Crippen molar-refractivity contribution < 1.29 is 9.59 Å². The van der Waals surface area contributed by atoms with Crippen molar-refractivity contribution in [2.75, 3.05) is 0 Å². The van der Waals surface area contributed by atoms with Crippen LogP contribution in [0, 0.1) is 0 Å². The molecule has 160 valence electrons. The average molecular weight is 425 g/mol. The SMILES string of the molecule is C[C@H](C(=O)N[C@H](Cc1ccccc1)c1nc2ccccc2[nH]1)N1Cc2ccccc2C1=O. The smallest absolute Gasteiger partial charge is 0.255 e. The van der Waals surface area contributed by atoms with Gasteiger partial charge in [-0.3, -0.25) is 9.59 Å². The monoisotopic (exact) mass is 424 g/mol. The average Bonchev–Trinajstić information content (AvgIpc) is 3.40. The van der Waals surface area contributed by atoms with Crippen molar-refractivity contribution in [3.63, 3.8) is 0 Å². The molecular formula is C26H24N4O2. The summed E-state index contributed by atoms with van der Waals surface area (Å²) < 4.78 is 0. The zero-order valence-corrected chi connectivity index (χ0v) is 17.8. The van der Waals surface area contributed by atoms with Crippen LogP contribution in [0.1, 0.15) is 40.3 Å². The number of carbonyl (C=O) groups is 2. The molecular weight excluding hydrogens is 400 g/mol. The van der Waals surface area contributed by atoms with Gasteiger partial charge in [-0.05, 0) is 42.7 Å². The van der Waals surface area contributed by atoms with Crippen molar-refractivity contribution in [1.29, 1.82) is 0 Å². The van der Waals surface area contributed by atoms with Gasteiger partial charge in [-0.2, -0.15) is 0 Å². The molecule has 2 heterocycles. The summed E-state index contributed by atoms with van der Waals surface area (Å²) in [5, 5.41) is 3.14. The lowest BCUT2D eigenvalue weighted by Gasteiger charge is -2.26. The maximum Gasteiger partial charge on any atom is 0.255 e. The van der Waals surface area contributed by atoms with Crippen molar-refractivity contribution in [3.8, 4) is 0 Å². The van der Waals surface area contributed by atoms with Crippen LogP contribution in [0.15, 0.2) is 78.9 Å². The summed E-state index contributed by atoms with van der Waals surface area (Å²) in [4.78, 5) is 35.8. The van der Waals surface area contributed by atoms with E-state index in [1.807, 2.05) is 78.9 Å². The summed E-state index contributed by atoms with van der Waals surface area (Å²) in [7, 11) is 0. The van der Waals surface area contributed by atoms with Crippen molar-refractivity contribution in [2.24, 2.45) is 0 Å². The molecule has 2 atom stereocenters. The maximum atomic E-state index is 13.3. The molecule has 2 N–H and O–H groups in total. The Balaban J connectivity index is 1.39. The molecule has 6 heteroatoms. The fourth-order valence-corrected chi connectivity index (χ4v) is 4.23. The first-order valence-corrected chi connectivity index (χ1v) is 10.8. The van der Waals surface area contributed by atoms with Crippen molar-refractivity contribution in [3.05, 3.63) is 101 Å². The van der Waals surface area contributed by atoms with Gasteiger partial charge in [-0.15, -0.1) is 0 Å². The van der Waals surface area contributed by atoms with E-state index < -0.39 is 6.04 Å². The van der Waals surface area contributed by atoms with Crippen LogP contribution in [-0.4, -0.2) is 32.7 Å². The van der Waals surface area contributed by atoms with Crippen molar-refractivity contribution >= 4 is 22.8 Å². The normalized spacial score (nSPS) is 14.9. The highest BCUT2D eigenvalue weighted by Crippen LogP contribution is 2.25. The van der Waals surface area contributed by atoms with Crippen LogP contribution in [0.2, 0.25) is 0 Å². The van der Waals surface area contributed by atoms with E-state index in [4.69, 9.17) is 4.98 Å². The largest absolute Gasteiger partial charge is 0.344 e. The number of para-hydroxylation sites is 2. The Kier molecular flexibility index (Phi) is 5.19. The number of aromatic nitrogens is 2. The topological polar surface area (TPSA) is 78.1 Å². The highest BCUT2D eigenvalue weighted by atomic mass is 16.2. The molecule has 0 saturated heterocycles. The van der Waals surface area contributed by atoms with Crippen LogP contribution >= 0.6 is 0 Å². The van der Waals surface area contributed by atoms with Crippen LogP contribution in [-0.2, 0) is 17.8 Å². The van der Waals surface area contributed by atoms with Crippen molar-refractivity contribution in [2.45, 2.75) is 32.0 Å². The minimum Gasteiger partial charge on any atom is -0.344 e. The Hall–Kier alpha value is -3.93. The highest BCUT2D eigenvalue weighted by molar-refractivity contribution is 6.01. The van der Waals surface area contributed by atoms with E-state index in [9.17, 15) is 9.59 Å². The standard InChI is InChI=1S/C26H24N4O2/c1-17(30-16-19-11-5-6-12-20(19)26(30)32)25(31)29-23(15-18-9-3-2-4-10-18)24-27-21-13-7-8-14-22(21)28-24/h2-14,17,23H,15-16H2,1H3,(H,27,28)(H,29,31)/t17-,23-/m1/s1. The molecule has 0 fully saturated rings. The molecule has 0 saturated carbocycles. The second-order valence-electron chi connectivity index (χ2n) is 8.16. The summed E-state index contributed by atoms with van der Waals surface area (Å²) in [5.74, 6) is 0.394. The minimum atomic E-state index is -0.599. The van der Waals surface area contributed by atoms with Gasteiger partial charge in [0, 0.05) is 12.1 Å². The molecule has 0 radical (unpaired) electrons. The highest BCUT2D eigenvalue weighted by Gasteiger charge is 2.34. The fraction of sp³-hybridized carbons (Fsp3) is 0.192. The number of benzene rings is 3. The van der Waals surface area contributed by atoms with E-state index >= 15 is 0 Å². The van der Waals surface area contributed by atoms with E-state index in [0.717, 1.165) is 22.2 Å². The van der Waals surface area contributed by atoms with Crippen LogP contribution in [0.5, 0.6) is 0 Å². The van der Waals surface area contributed by atoms with Gasteiger partial charge in [0.2, 0.25) is 5.91 Å². The Morgan fingerprint density at radius 3 is 2.53 bits per heavy atom. The molecule has 2 amide bonds. The van der Waals surface area contributed by atoms with Crippen LogP contribution in [0.4, 0.5) is 0 Å². The van der Waals surface area contributed by atoms with E-state index in [1.54, 1.807) is 11.8 Å². The Morgan fingerprint density at radius 1 is 1.03 bits per heavy atom. The number of aromatic amines is 1. The number of H-pyrrole nitrogens is 1. The Labute approximate surface area is 186 Å². The minimum absolute atomic E-state index is 0.105. The first-order valence-electron chi connectivity index (χ1n) is 10.8. The lowest BCUT2D eigenvalue weighted by Crippen LogP contribution is -2.46. The summed E-state index contributed by atoms with van der Waals surface area (Å²) in [6.45, 7) is 2.22. The van der Waals surface area contributed by atoms with Gasteiger partial charge in [-0.25, -0.2) is 4.98 Å². The van der Waals surface area contributed by atoms with Gasteiger partial charge >= 0.3 is 0 Å². The molecule has 1 aromatic heterocycles. The third kappa shape index (κ3) is 3.75. The molecule has 0 bridgehead atoms. The van der Waals surface area contributed by atoms with Gasteiger partial charge in [-0.1, -0.05) is 60.7 Å². The molecule has 0 unspecified atom stereocenters. The molecule has 0 spiro atoms. The maximum absolute atomic E-state index is 13.3. The third-order valence-corrected chi connectivity index (χ3v) is 6.03. The molecule has 0 aliphatic carbocycles. The lowest BCUT2D eigenvalue weighted by atomic mass is 10.0. The quantitative estimate of drug-likeness (QED) is 0.491. The predicted octanol–water partition coefficient (Wildman–Crippen LogP) is 4.01. The number of imidazole rings is 1. The zero-order chi connectivity index (χ0) is 22.1. The molecule has 3 aromatic carbocycles. The number of rotatable bonds is 6. The van der Waals surface area contributed by atoms with Gasteiger partial charge < -0.3 is 15.2 Å². The molecule has 6 nitrogen and oxygen atoms in total. The summed E-state index contributed by atoms with van der Waals surface area (Å²) >= 11 is 0. The Morgan fingerprint density at radius 2 is 1.75 bits per heavy atom. The first kappa shape index (κ1) is 20.0. The number of nitrogens with one attached hydrogen (secondary N) is 2. The van der Waals surface area contributed by atoms with E-state index in [1.165, 1.54) is 0 Å². The lowest BCUT2D eigenvalue weighted by molar-refractivity contribution is -0.126. The van der Waals surface area contributed by atoms with Gasteiger partial charge in [0.05, 0.1) is 17.1 Å². The molecule has 1 aliphatic rings. The van der Waals surface area contributed by atoms with Gasteiger partial charge in [0.1, 0.15) is 11.9 Å². The first-order chi connectivity index (χ1) is 15.6. The number of amides is 2. The number of nitrogens with zero attached hydrogens (tertiary/aromatic N) is 2. The van der Waals surface area contributed by atoms with Crippen molar-refractivity contribution in [1.82, 2.24) is 20.2 Å². The molecule has 4 aromatic rings. The summed E-state index contributed by atoms with van der Waals surface area (Å²) in [5.41, 5.74) is 4.50. The second kappa shape index (κ2) is 8.30. The van der Waals surface area contributed by atoms with Crippen LogP contribution < -0.4 is 5.32 Å². The van der Waals surface area contributed by atoms with Crippen LogP contribution in [0.3, 0.4) is 0 Å². The predicted molar refractivity (Wildman–Crippen MR) is 123 cm³/mol. The third-order valence-electron chi connectivity index (χ3n) is 6.03. The van der Waals surface area contributed by atoms with Gasteiger partial charge in [0.25, 0.3) is 5.91 Å². The fourth-order valence-electron chi connectivity index (χ4n) is 4.23. The summed E-state index contributed by atoms with van der Waals surface area (Å²) in [6, 6.07) is 24.4. The van der Waals surface area contributed by atoms with Crippen LogP contribution in [0.25, 0.3) is 11.0 Å². The summed E-state index contributed by atoms with van der Waals surface area (Å²) in [6.07, 6.45) is 0.591. The number of hydrogen-bond acceptors (Lipinski definition) is 3. The van der Waals surface area contributed by atoms with E-state index in [2.05, 4.69) is 10.3 Å². The second-order valence-corrected chi connectivity index (χ2v) is 8.16. The molecule has 1 aliphatic heterocycles. The van der Waals surface area contributed by atoms with E-state index in [0.29, 0.717) is 24.4 Å². The number of fused-ring (bicyclic) bond motifs is 2. The molecule has 32 heavy (non-hydrogen) atoms.